The molecule has 0 bridgehead atoms. The third kappa shape index (κ3) is 2.60. The summed E-state index contributed by atoms with van der Waals surface area (Å²) < 4.78 is 0. The molecule has 0 aromatic heterocycles. The van der Waals surface area contributed by atoms with E-state index in [-0.39, 0.29) is 17.1 Å². The number of amides is 1. The number of nitrogens with two attached hydrogens (primary N) is 1. The second-order valence-electron chi connectivity index (χ2n) is 4.18. The molecule has 0 atom stereocenters. The molecule has 0 radical (unpaired) electrons. The summed E-state index contributed by atoms with van der Waals surface area (Å²) in [6, 6.07) is 8.93. The minimum absolute atomic E-state index is 0.00169. The predicted molar refractivity (Wildman–Crippen MR) is 73.3 cm³/mol. The van der Waals surface area contributed by atoms with E-state index in [1.165, 1.54) is 18.2 Å². The van der Waals surface area contributed by atoms with E-state index in [1.807, 2.05) is 0 Å². The molecule has 0 aliphatic carbocycles. The van der Waals surface area contributed by atoms with Crippen molar-refractivity contribution < 1.29 is 15.0 Å². The highest BCUT2D eigenvalue weighted by Crippen LogP contribution is 2.25. The molecule has 1 amide bonds. The van der Waals surface area contributed by atoms with Crippen molar-refractivity contribution in [3.63, 3.8) is 0 Å². The van der Waals surface area contributed by atoms with Crippen molar-refractivity contribution in [1.82, 2.24) is 0 Å². The van der Waals surface area contributed by atoms with Crippen LogP contribution in [0.3, 0.4) is 0 Å². The van der Waals surface area contributed by atoms with Gasteiger partial charge in [-0.3, -0.25) is 4.79 Å². The largest absolute Gasteiger partial charge is 0.508 e. The molecule has 0 fully saturated rings. The van der Waals surface area contributed by atoms with Crippen LogP contribution >= 0.6 is 0 Å². The second kappa shape index (κ2) is 4.89. The number of phenolic OH excluding ortho intramolecular Hbond substituents is 2. The number of phenols is 2. The van der Waals surface area contributed by atoms with E-state index in [1.54, 1.807) is 25.1 Å². The van der Waals surface area contributed by atoms with E-state index in [2.05, 4.69) is 5.32 Å². The Kier molecular flexibility index (Phi) is 3.29. The highest BCUT2D eigenvalue weighted by atomic mass is 16.3. The number of hydrogen-bond acceptors (Lipinski definition) is 4. The quantitative estimate of drug-likeness (QED) is 0.490. The van der Waals surface area contributed by atoms with Crippen LogP contribution in [0.5, 0.6) is 11.5 Å². The van der Waals surface area contributed by atoms with Gasteiger partial charge in [0, 0.05) is 11.4 Å². The highest BCUT2D eigenvalue weighted by molar-refractivity contribution is 6.07. The molecule has 2 rings (SSSR count). The van der Waals surface area contributed by atoms with Gasteiger partial charge >= 0.3 is 0 Å². The van der Waals surface area contributed by atoms with Crippen molar-refractivity contribution in [2.24, 2.45) is 0 Å². The van der Waals surface area contributed by atoms with Crippen molar-refractivity contribution in [1.29, 1.82) is 0 Å². The summed E-state index contributed by atoms with van der Waals surface area (Å²) in [5, 5.41) is 21.6. The highest BCUT2D eigenvalue weighted by Gasteiger charge is 2.13. The maximum atomic E-state index is 12.0. The molecule has 0 aliphatic heterocycles. The van der Waals surface area contributed by atoms with Gasteiger partial charge in [-0.25, -0.2) is 0 Å². The molecule has 0 unspecified atom stereocenters. The van der Waals surface area contributed by atoms with E-state index in [9.17, 15) is 15.0 Å². The number of hydrogen-bond donors (Lipinski definition) is 4. The number of carbonyl (C=O) groups is 1. The fraction of sp³-hybridized carbons (Fsp3) is 0.0714. The number of nitrogens with one attached hydrogen (secondary N) is 1. The van der Waals surface area contributed by atoms with Gasteiger partial charge in [0.2, 0.25) is 0 Å². The second-order valence-corrected chi connectivity index (χ2v) is 4.18. The lowest BCUT2D eigenvalue weighted by atomic mass is 10.1. The first-order valence-electron chi connectivity index (χ1n) is 5.67. The maximum absolute atomic E-state index is 12.0. The van der Waals surface area contributed by atoms with Gasteiger partial charge in [0.25, 0.3) is 5.91 Å². The monoisotopic (exact) mass is 258 g/mol. The van der Waals surface area contributed by atoms with Gasteiger partial charge in [-0.1, -0.05) is 6.07 Å². The topological polar surface area (TPSA) is 95.6 Å². The van der Waals surface area contributed by atoms with Crippen LogP contribution in [0.2, 0.25) is 0 Å². The fourth-order valence-electron chi connectivity index (χ4n) is 1.68. The van der Waals surface area contributed by atoms with Crippen molar-refractivity contribution >= 4 is 17.3 Å². The molecular weight excluding hydrogens is 244 g/mol. The average Bonchev–Trinajstić information content (AvgIpc) is 2.38. The Morgan fingerprint density at radius 3 is 2.68 bits per heavy atom. The van der Waals surface area contributed by atoms with E-state index in [0.717, 1.165) is 5.56 Å². The molecular formula is C14H14N2O3. The molecule has 0 spiro atoms. The number of benzene rings is 2. The number of aromatic hydroxyl groups is 2. The maximum Gasteiger partial charge on any atom is 0.259 e. The van der Waals surface area contributed by atoms with Crippen LogP contribution in [0.1, 0.15) is 15.9 Å². The van der Waals surface area contributed by atoms with Crippen LogP contribution < -0.4 is 11.1 Å². The lowest BCUT2D eigenvalue weighted by molar-refractivity contribution is 0.102. The Balaban J connectivity index is 2.31. The zero-order chi connectivity index (χ0) is 14.0. The molecule has 2 aromatic carbocycles. The lowest BCUT2D eigenvalue weighted by Crippen LogP contribution is -2.13. The Bertz CT molecular complexity index is 639. The number of nitrogen functional groups attached to an aromatic ring is 1. The van der Waals surface area contributed by atoms with Gasteiger partial charge < -0.3 is 21.3 Å². The summed E-state index contributed by atoms with van der Waals surface area (Å²) in [5.41, 5.74) is 7.63. The minimum Gasteiger partial charge on any atom is -0.508 e. The van der Waals surface area contributed by atoms with E-state index < -0.39 is 5.91 Å². The third-order valence-corrected chi connectivity index (χ3v) is 2.85. The van der Waals surface area contributed by atoms with Gasteiger partial charge in [0.05, 0.1) is 5.56 Å². The van der Waals surface area contributed by atoms with Crippen LogP contribution in [0.25, 0.3) is 0 Å². The predicted octanol–water partition coefficient (Wildman–Crippen LogP) is 2.24. The van der Waals surface area contributed by atoms with Crippen molar-refractivity contribution in [3.8, 4) is 11.5 Å². The van der Waals surface area contributed by atoms with Gasteiger partial charge in [0.1, 0.15) is 11.5 Å². The van der Waals surface area contributed by atoms with Gasteiger partial charge in [0.15, 0.2) is 0 Å². The Labute approximate surface area is 110 Å². The Hall–Kier alpha value is -2.69. The first-order chi connectivity index (χ1) is 8.99. The van der Waals surface area contributed by atoms with Gasteiger partial charge in [-0.05, 0) is 42.8 Å². The summed E-state index contributed by atoms with van der Waals surface area (Å²) in [5.74, 6) is -0.800. The molecule has 0 heterocycles. The Morgan fingerprint density at radius 1 is 1.21 bits per heavy atom. The molecule has 0 saturated carbocycles. The molecule has 0 aliphatic rings. The standard InChI is InChI=1S/C14H14N2O3/c1-8-11(15)3-2-4-12(8)16-14(19)10-7-9(17)5-6-13(10)18/h2-7,17-18H,15H2,1H3,(H,16,19). The van der Waals surface area contributed by atoms with Gasteiger partial charge in [-0.15, -0.1) is 0 Å². The molecule has 98 valence electrons. The zero-order valence-corrected chi connectivity index (χ0v) is 10.3. The fourth-order valence-corrected chi connectivity index (χ4v) is 1.68. The number of anilines is 2. The molecule has 2 aromatic rings. The van der Waals surface area contributed by atoms with Crippen LogP contribution in [0.15, 0.2) is 36.4 Å². The SMILES string of the molecule is Cc1c(N)cccc1NC(=O)c1cc(O)ccc1O. The first kappa shape index (κ1) is 12.8. The van der Waals surface area contributed by atoms with Crippen molar-refractivity contribution in [2.45, 2.75) is 6.92 Å². The summed E-state index contributed by atoms with van der Waals surface area (Å²) in [7, 11) is 0. The van der Waals surface area contributed by atoms with Crippen LogP contribution in [0.4, 0.5) is 11.4 Å². The van der Waals surface area contributed by atoms with E-state index in [4.69, 9.17) is 5.73 Å². The molecule has 5 N–H and O–H groups in total. The zero-order valence-electron chi connectivity index (χ0n) is 10.3. The average molecular weight is 258 g/mol. The van der Waals surface area contributed by atoms with E-state index >= 15 is 0 Å². The van der Waals surface area contributed by atoms with Gasteiger partial charge in [-0.2, -0.15) is 0 Å². The number of rotatable bonds is 2. The van der Waals surface area contributed by atoms with E-state index in [0.29, 0.717) is 11.4 Å². The van der Waals surface area contributed by atoms with Crippen LogP contribution in [-0.2, 0) is 0 Å². The third-order valence-electron chi connectivity index (χ3n) is 2.85. The van der Waals surface area contributed by atoms with Crippen molar-refractivity contribution in [2.75, 3.05) is 11.1 Å². The summed E-state index contributed by atoms with van der Waals surface area (Å²) in [6.45, 7) is 1.78. The molecule has 5 nitrogen and oxygen atoms in total. The van der Waals surface area contributed by atoms with Crippen LogP contribution in [0, 0.1) is 6.92 Å². The molecule has 5 heteroatoms. The lowest BCUT2D eigenvalue weighted by Gasteiger charge is -2.11. The molecule has 19 heavy (non-hydrogen) atoms. The molecule has 0 saturated heterocycles. The Morgan fingerprint density at radius 2 is 1.95 bits per heavy atom. The summed E-state index contributed by atoms with van der Waals surface area (Å²) >= 11 is 0. The normalized spacial score (nSPS) is 10.2. The summed E-state index contributed by atoms with van der Waals surface area (Å²) in [4.78, 5) is 12.0. The van der Waals surface area contributed by atoms with Crippen LogP contribution in [-0.4, -0.2) is 16.1 Å². The first-order valence-corrected chi connectivity index (χ1v) is 5.67. The minimum atomic E-state index is -0.512. The smallest absolute Gasteiger partial charge is 0.259 e. The van der Waals surface area contributed by atoms with Crippen molar-refractivity contribution in [3.05, 3.63) is 47.5 Å². The summed E-state index contributed by atoms with van der Waals surface area (Å²) in [6.07, 6.45) is 0. The number of carbonyl (C=O) groups excluding carboxylic acids is 1.